The molecule has 0 radical (unpaired) electrons. The number of benzene rings is 1. The fourth-order valence-electron chi connectivity index (χ4n) is 5.61. The number of ether oxygens (including phenoxy) is 1. The minimum atomic E-state index is -0.492. The van der Waals surface area contributed by atoms with Gasteiger partial charge in [0.05, 0.1) is 5.69 Å². The van der Waals surface area contributed by atoms with Gasteiger partial charge in [0.1, 0.15) is 11.4 Å². The smallest absolute Gasteiger partial charge is 0.410 e. The minimum absolute atomic E-state index is 0.132. The molecule has 1 saturated heterocycles. The molecule has 3 aromatic rings. The van der Waals surface area contributed by atoms with Gasteiger partial charge in [0.15, 0.2) is 0 Å². The summed E-state index contributed by atoms with van der Waals surface area (Å²) in [5.41, 5.74) is 5.50. The van der Waals surface area contributed by atoms with Crippen LogP contribution in [0.25, 0.3) is 11.6 Å². The van der Waals surface area contributed by atoms with Gasteiger partial charge < -0.3 is 14.2 Å². The average molecular weight is 519 g/mol. The largest absolute Gasteiger partial charge is 0.444 e. The number of aromatic nitrogens is 3. The Bertz CT molecular complexity index is 1320. The molecule has 37 heavy (non-hydrogen) atoms. The van der Waals surface area contributed by atoms with E-state index in [-0.39, 0.29) is 12.0 Å². The number of nitrogens with zero attached hydrogens (tertiary/aromatic N) is 4. The summed E-state index contributed by atoms with van der Waals surface area (Å²) >= 11 is 6.49. The lowest BCUT2D eigenvalue weighted by Gasteiger charge is -2.37. The third-order valence-electron chi connectivity index (χ3n) is 7.40. The van der Waals surface area contributed by atoms with Gasteiger partial charge in [0, 0.05) is 49.2 Å². The average Bonchev–Trinajstić information content (AvgIpc) is 3.21. The van der Waals surface area contributed by atoms with Crippen molar-refractivity contribution in [2.45, 2.75) is 65.0 Å². The molecule has 0 spiro atoms. The van der Waals surface area contributed by atoms with Crippen LogP contribution in [-0.4, -0.2) is 44.2 Å². The number of aryl methyl sites for hydroxylation is 2. The number of carbonyl (C=O) groups excluding carboxylic acids is 1. The van der Waals surface area contributed by atoms with Crippen LogP contribution >= 0.6 is 11.6 Å². The Morgan fingerprint density at radius 1 is 1.14 bits per heavy atom. The molecule has 6 nitrogen and oxygen atoms in total. The molecular weight excluding hydrogens is 484 g/mol. The van der Waals surface area contributed by atoms with Gasteiger partial charge in [-0.3, -0.25) is 4.98 Å². The quantitative estimate of drug-likeness (QED) is 0.374. The molecule has 1 amide bonds. The predicted molar refractivity (Wildman–Crippen MR) is 148 cm³/mol. The van der Waals surface area contributed by atoms with Crippen LogP contribution in [0.5, 0.6) is 0 Å². The van der Waals surface area contributed by atoms with Crippen molar-refractivity contribution in [1.29, 1.82) is 0 Å². The van der Waals surface area contributed by atoms with E-state index in [4.69, 9.17) is 21.3 Å². The second-order valence-electron chi connectivity index (χ2n) is 11.1. The lowest BCUT2D eigenvalue weighted by atomic mass is 9.76. The first-order chi connectivity index (χ1) is 17.7. The van der Waals surface area contributed by atoms with Crippen molar-refractivity contribution in [3.05, 3.63) is 82.2 Å². The predicted octanol–water partition coefficient (Wildman–Crippen LogP) is 6.96. The summed E-state index contributed by atoms with van der Waals surface area (Å²) in [7, 11) is 0. The van der Waals surface area contributed by atoms with Gasteiger partial charge in [-0.25, -0.2) is 9.78 Å². The van der Waals surface area contributed by atoms with Crippen molar-refractivity contribution in [2.24, 2.45) is 5.92 Å². The number of hydrogen-bond acceptors (Lipinski definition) is 4. The fraction of sp³-hybridized carbons (Fsp3) is 0.433. The van der Waals surface area contributed by atoms with Crippen LogP contribution in [-0.2, 0) is 11.3 Å². The molecule has 0 saturated carbocycles. The van der Waals surface area contributed by atoms with Crippen LogP contribution in [0.15, 0.2) is 48.9 Å². The first-order valence-corrected chi connectivity index (χ1v) is 13.5. The SMILES string of the molecule is Cc1nccn1CCC1=Cc2cc(Cl)ccc2C(C2CCN(C(=O)OC(C)(C)C)CC2)c2ncccc21. The Morgan fingerprint density at radius 2 is 1.92 bits per heavy atom. The monoisotopic (exact) mass is 518 g/mol. The first-order valence-electron chi connectivity index (χ1n) is 13.1. The van der Waals surface area contributed by atoms with E-state index in [2.05, 4.69) is 33.8 Å². The Morgan fingerprint density at radius 3 is 2.62 bits per heavy atom. The normalized spacial score (nSPS) is 18.0. The number of halogens is 1. The van der Waals surface area contributed by atoms with Crippen molar-refractivity contribution in [2.75, 3.05) is 13.1 Å². The summed E-state index contributed by atoms with van der Waals surface area (Å²) in [6.45, 7) is 9.97. The number of pyridine rings is 1. The summed E-state index contributed by atoms with van der Waals surface area (Å²) in [6, 6.07) is 10.5. The third kappa shape index (κ3) is 5.59. The molecule has 1 unspecified atom stereocenters. The van der Waals surface area contributed by atoms with Gasteiger partial charge in [0.25, 0.3) is 0 Å². The van der Waals surface area contributed by atoms with E-state index in [0.29, 0.717) is 19.0 Å². The van der Waals surface area contributed by atoms with Crippen molar-refractivity contribution < 1.29 is 9.53 Å². The summed E-state index contributed by atoms with van der Waals surface area (Å²) in [6.07, 6.45) is 10.5. The first kappa shape index (κ1) is 25.5. The highest BCUT2D eigenvalue weighted by Gasteiger charge is 2.36. The van der Waals surface area contributed by atoms with Gasteiger partial charge in [-0.15, -0.1) is 0 Å². The standard InChI is InChI=1S/C30H35ClN4O2/c1-20-32-13-17-34(20)14-11-22-18-23-19-24(31)7-8-25(23)27(28-26(22)6-5-12-33-28)21-9-15-35(16-10-21)29(36)37-30(2,3)4/h5-8,12-13,17-19,21,27H,9-11,14-16H2,1-4H3. The van der Waals surface area contributed by atoms with Crippen molar-refractivity contribution in [3.8, 4) is 0 Å². The Hall–Kier alpha value is -3.12. The second-order valence-corrected chi connectivity index (χ2v) is 11.5. The van der Waals surface area contributed by atoms with Crippen LogP contribution in [0.3, 0.4) is 0 Å². The number of piperidine rings is 1. The molecule has 0 N–H and O–H groups in total. The van der Waals surface area contributed by atoms with E-state index in [1.165, 1.54) is 16.7 Å². The van der Waals surface area contributed by atoms with Crippen LogP contribution in [0.2, 0.25) is 5.02 Å². The van der Waals surface area contributed by atoms with Crippen LogP contribution in [0, 0.1) is 12.8 Å². The Labute approximate surface area is 224 Å². The molecule has 7 heteroatoms. The molecule has 194 valence electrons. The summed E-state index contributed by atoms with van der Waals surface area (Å²) in [5.74, 6) is 1.50. The number of rotatable bonds is 4. The Kier molecular flexibility index (Phi) is 7.13. The highest BCUT2D eigenvalue weighted by Crippen LogP contribution is 2.45. The van der Waals surface area contributed by atoms with Crippen LogP contribution in [0.1, 0.15) is 74.2 Å². The number of amides is 1. The van der Waals surface area contributed by atoms with E-state index in [0.717, 1.165) is 47.9 Å². The molecule has 2 aliphatic rings. The van der Waals surface area contributed by atoms with Gasteiger partial charge in [0.2, 0.25) is 0 Å². The van der Waals surface area contributed by atoms with Crippen LogP contribution < -0.4 is 0 Å². The van der Waals surface area contributed by atoms with Crippen molar-refractivity contribution in [1.82, 2.24) is 19.4 Å². The van der Waals surface area contributed by atoms with Gasteiger partial charge in [-0.05, 0) is 93.3 Å². The van der Waals surface area contributed by atoms with E-state index in [9.17, 15) is 4.79 Å². The molecule has 1 fully saturated rings. The van der Waals surface area contributed by atoms with Gasteiger partial charge >= 0.3 is 6.09 Å². The van der Waals surface area contributed by atoms with E-state index in [1.807, 2.05) is 63.3 Å². The number of fused-ring (bicyclic) bond motifs is 2. The van der Waals surface area contributed by atoms with Crippen LogP contribution in [0.4, 0.5) is 4.79 Å². The van der Waals surface area contributed by atoms with Crippen molar-refractivity contribution in [3.63, 3.8) is 0 Å². The van der Waals surface area contributed by atoms with E-state index >= 15 is 0 Å². The summed E-state index contributed by atoms with van der Waals surface area (Å²) in [4.78, 5) is 23.9. The van der Waals surface area contributed by atoms with E-state index in [1.54, 1.807) is 0 Å². The van der Waals surface area contributed by atoms with Gasteiger partial charge in [-0.2, -0.15) is 0 Å². The zero-order valence-corrected chi connectivity index (χ0v) is 22.8. The maximum Gasteiger partial charge on any atom is 0.410 e. The molecule has 1 atom stereocenters. The second kappa shape index (κ2) is 10.3. The zero-order valence-electron chi connectivity index (χ0n) is 22.1. The molecule has 0 bridgehead atoms. The third-order valence-corrected chi connectivity index (χ3v) is 7.64. The number of likely N-dealkylation sites (tertiary alicyclic amines) is 1. The lowest BCUT2D eigenvalue weighted by molar-refractivity contribution is 0.0178. The summed E-state index contributed by atoms with van der Waals surface area (Å²) < 4.78 is 7.81. The molecule has 1 aliphatic carbocycles. The van der Waals surface area contributed by atoms with E-state index < -0.39 is 5.60 Å². The number of imidazole rings is 1. The Balaban J connectivity index is 1.46. The molecule has 2 aromatic heterocycles. The van der Waals surface area contributed by atoms with Gasteiger partial charge in [-0.1, -0.05) is 29.8 Å². The number of hydrogen-bond donors (Lipinski definition) is 0. The molecule has 1 aromatic carbocycles. The minimum Gasteiger partial charge on any atom is -0.444 e. The summed E-state index contributed by atoms with van der Waals surface area (Å²) in [5, 5.41) is 0.734. The van der Waals surface area contributed by atoms with Crippen molar-refractivity contribution >= 4 is 29.3 Å². The number of allylic oxidation sites excluding steroid dienone is 1. The molecular formula is C30H35ClN4O2. The highest BCUT2D eigenvalue weighted by atomic mass is 35.5. The maximum atomic E-state index is 12.7. The maximum absolute atomic E-state index is 12.7. The number of carbonyl (C=O) groups is 1. The zero-order chi connectivity index (χ0) is 26.2. The fourth-order valence-corrected chi connectivity index (χ4v) is 5.79. The highest BCUT2D eigenvalue weighted by molar-refractivity contribution is 6.30. The topological polar surface area (TPSA) is 60.2 Å². The molecule has 1 aliphatic heterocycles. The molecule has 3 heterocycles. The lowest BCUT2D eigenvalue weighted by Crippen LogP contribution is -2.42. The molecule has 5 rings (SSSR count).